The fraction of sp³-hybridized carbons (Fsp3) is 0.432. The van der Waals surface area contributed by atoms with Crippen LogP contribution in [0.4, 0.5) is 24.1 Å². The molecular formula is C37H42BrF2N3O7. The number of nitrogens with zero attached hydrogens (tertiary/aromatic N) is 2. The predicted molar refractivity (Wildman–Crippen MR) is 188 cm³/mol. The molecule has 268 valence electrons. The zero-order valence-electron chi connectivity index (χ0n) is 28.9. The standard InChI is InChI=1S/C37H42BrF2N3O7/c1-36(2,3)32-31(14-16-43(32)34(45)46)49-29-11-8-22(17-25(29)21-7-10-27(39)28(40)18-21)33(44)41-23-9-12-30(26(38)19-23)48-24-13-15-42(20-24)35(47)50-37(4,5)6/h7-12,17-19,24,31-32H,13-16,20H2,1-6H3,(H,41,44)(H,45,46). The minimum absolute atomic E-state index is 0.229. The highest BCUT2D eigenvalue weighted by Crippen LogP contribution is 2.39. The number of carboxylic acid groups (broad SMARTS) is 1. The fourth-order valence-corrected chi connectivity index (χ4v) is 6.80. The number of anilines is 1. The Morgan fingerprint density at radius 3 is 2.24 bits per heavy atom. The smallest absolute Gasteiger partial charge is 0.410 e. The molecule has 50 heavy (non-hydrogen) atoms. The minimum atomic E-state index is -1.06. The Kier molecular flexibility index (Phi) is 10.7. The van der Waals surface area contributed by atoms with Crippen LogP contribution in [0.3, 0.4) is 0 Å². The van der Waals surface area contributed by atoms with E-state index in [0.717, 1.165) is 12.1 Å². The first-order chi connectivity index (χ1) is 23.4. The zero-order valence-corrected chi connectivity index (χ0v) is 30.5. The summed E-state index contributed by atoms with van der Waals surface area (Å²) in [6.07, 6.45) is -1.10. The number of benzene rings is 3. The molecule has 2 saturated heterocycles. The van der Waals surface area contributed by atoms with Crippen LogP contribution >= 0.6 is 15.9 Å². The molecule has 2 heterocycles. The lowest BCUT2D eigenvalue weighted by Crippen LogP contribution is -2.48. The molecule has 2 fully saturated rings. The first-order valence-corrected chi connectivity index (χ1v) is 17.2. The third-order valence-corrected chi connectivity index (χ3v) is 9.13. The van der Waals surface area contributed by atoms with Crippen molar-refractivity contribution < 1.29 is 42.5 Å². The summed E-state index contributed by atoms with van der Waals surface area (Å²) in [7, 11) is 0. The third kappa shape index (κ3) is 8.66. The van der Waals surface area contributed by atoms with E-state index in [9.17, 15) is 28.3 Å². The average Bonchev–Trinajstić information content (AvgIpc) is 3.67. The van der Waals surface area contributed by atoms with Gasteiger partial charge in [0.2, 0.25) is 0 Å². The van der Waals surface area contributed by atoms with Gasteiger partial charge < -0.3 is 34.4 Å². The molecule has 10 nitrogen and oxygen atoms in total. The number of amides is 3. The second kappa shape index (κ2) is 14.5. The number of nitrogens with one attached hydrogen (secondary N) is 1. The van der Waals surface area contributed by atoms with Crippen molar-refractivity contribution in [3.05, 3.63) is 76.3 Å². The van der Waals surface area contributed by atoms with Crippen LogP contribution in [0, 0.1) is 17.0 Å². The molecule has 0 radical (unpaired) electrons. The predicted octanol–water partition coefficient (Wildman–Crippen LogP) is 8.58. The van der Waals surface area contributed by atoms with Gasteiger partial charge in [-0.3, -0.25) is 4.79 Å². The molecule has 0 aliphatic carbocycles. The Bertz CT molecular complexity index is 1770. The van der Waals surface area contributed by atoms with Gasteiger partial charge in [-0.25, -0.2) is 18.4 Å². The molecule has 5 rings (SSSR count). The summed E-state index contributed by atoms with van der Waals surface area (Å²) < 4.78 is 46.9. The molecule has 0 spiro atoms. The topological polar surface area (TPSA) is 118 Å². The summed E-state index contributed by atoms with van der Waals surface area (Å²) in [5, 5.41) is 12.7. The Morgan fingerprint density at radius 1 is 0.880 bits per heavy atom. The summed E-state index contributed by atoms with van der Waals surface area (Å²) in [6.45, 7) is 12.4. The van der Waals surface area contributed by atoms with Gasteiger partial charge in [0.1, 0.15) is 29.3 Å². The van der Waals surface area contributed by atoms with Gasteiger partial charge in [-0.2, -0.15) is 0 Å². The Morgan fingerprint density at radius 2 is 1.60 bits per heavy atom. The molecule has 2 aliphatic heterocycles. The summed E-state index contributed by atoms with van der Waals surface area (Å²) in [4.78, 5) is 40.9. The van der Waals surface area contributed by atoms with Crippen LogP contribution in [-0.2, 0) is 4.74 Å². The van der Waals surface area contributed by atoms with Crippen LogP contribution in [0.15, 0.2) is 59.1 Å². The lowest BCUT2D eigenvalue weighted by Gasteiger charge is -2.37. The summed E-state index contributed by atoms with van der Waals surface area (Å²) >= 11 is 3.52. The maximum Gasteiger partial charge on any atom is 0.410 e. The van der Waals surface area contributed by atoms with E-state index < -0.39 is 46.8 Å². The number of carbonyl (C=O) groups is 3. The quantitative estimate of drug-likeness (QED) is 0.248. The van der Waals surface area contributed by atoms with Crippen molar-refractivity contribution in [1.29, 1.82) is 0 Å². The van der Waals surface area contributed by atoms with E-state index in [2.05, 4.69) is 21.2 Å². The highest BCUT2D eigenvalue weighted by molar-refractivity contribution is 9.10. The van der Waals surface area contributed by atoms with Gasteiger partial charge in [0.25, 0.3) is 5.91 Å². The van der Waals surface area contributed by atoms with E-state index in [4.69, 9.17) is 14.2 Å². The molecule has 0 saturated carbocycles. The van der Waals surface area contributed by atoms with E-state index in [1.807, 2.05) is 41.5 Å². The fourth-order valence-electron chi connectivity index (χ4n) is 6.33. The molecule has 2 aliphatic rings. The van der Waals surface area contributed by atoms with Gasteiger partial charge in [0.05, 0.1) is 17.1 Å². The summed E-state index contributed by atoms with van der Waals surface area (Å²) in [5.74, 6) is -1.69. The number of ether oxygens (including phenoxy) is 3. The van der Waals surface area contributed by atoms with Crippen LogP contribution in [-0.4, -0.2) is 76.5 Å². The molecule has 3 amide bonds. The molecule has 0 bridgehead atoms. The van der Waals surface area contributed by atoms with Gasteiger partial charge in [-0.15, -0.1) is 0 Å². The second-order valence-corrected chi connectivity index (χ2v) is 15.5. The van der Waals surface area contributed by atoms with Crippen molar-refractivity contribution in [2.24, 2.45) is 5.41 Å². The van der Waals surface area contributed by atoms with Crippen molar-refractivity contribution >= 4 is 39.7 Å². The van der Waals surface area contributed by atoms with Crippen LogP contribution in [0.1, 0.15) is 64.7 Å². The first kappa shape index (κ1) is 36.9. The van der Waals surface area contributed by atoms with Gasteiger partial charge >= 0.3 is 12.2 Å². The Balaban J connectivity index is 1.33. The van der Waals surface area contributed by atoms with E-state index in [-0.39, 0.29) is 29.9 Å². The van der Waals surface area contributed by atoms with Gasteiger partial charge in [0.15, 0.2) is 11.6 Å². The molecule has 3 unspecified atom stereocenters. The molecule has 0 aromatic heterocycles. The van der Waals surface area contributed by atoms with Crippen molar-refractivity contribution in [1.82, 2.24) is 9.80 Å². The lowest BCUT2D eigenvalue weighted by atomic mass is 9.83. The molecule has 3 aromatic carbocycles. The SMILES string of the molecule is CC(C)(C)OC(=O)N1CCC(Oc2ccc(NC(=O)c3ccc(OC4CCN(C(=O)O)C4C(C)(C)C)c(-c4ccc(F)c(F)c4)c3)cc2Br)C1. The molecule has 2 N–H and O–H groups in total. The summed E-state index contributed by atoms with van der Waals surface area (Å²) in [5.41, 5.74) is 0.294. The largest absolute Gasteiger partial charge is 0.488 e. The maximum absolute atomic E-state index is 14.4. The first-order valence-electron chi connectivity index (χ1n) is 16.4. The van der Waals surface area contributed by atoms with Crippen LogP contribution in [0.2, 0.25) is 0 Å². The highest BCUT2D eigenvalue weighted by Gasteiger charge is 2.45. The van der Waals surface area contributed by atoms with Gasteiger partial charge in [0, 0.05) is 42.7 Å². The number of rotatable bonds is 7. The third-order valence-electron chi connectivity index (χ3n) is 8.51. The van der Waals surface area contributed by atoms with Gasteiger partial charge in [-0.1, -0.05) is 26.8 Å². The minimum Gasteiger partial charge on any atom is -0.488 e. The Labute approximate surface area is 298 Å². The van der Waals surface area contributed by atoms with Crippen molar-refractivity contribution in [3.63, 3.8) is 0 Å². The van der Waals surface area contributed by atoms with Crippen LogP contribution in [0.25, 0.3) is 11.1 Å². The van der Waals surface area contributed by atoms with Crippen molar-refractivity contribution in [2.45, 2.75) is 78.2 Å². The molecule has 3 atom stereocenters. The van der Waals surface area contributed by atoms with Crippen LogP contribution in [0.5, 0.6) is 11.5 Å². The van der Waals surface area contributed by atoms with Crippen molar-refractivity contribution in [2.75, 3.05) is 25.0 Å². The highest BCUT2D eigenvalue weighted by atomic mass is 79.9. The number of hydrogen-bond acceptors (Lipinski definition) is 6. The van der Waals surface area contributed by atoms with E-state index in [1.165, 1.54) is 17.0 Å². The van der Waals surface area contributed by atoms with Crippen molar-refractivity contribution in [3.8, 4) is 22.6 Å². The number of carbonyl (C=O) groups excluding carboxylic acids is 2. The Hall–Kier alpha value is -4.39. The lowest BCUT2D eigenvalue weighted by molar-refractivity contribution is 0.0275. The second-order valence-electron chi connectivity index (χ2n) is 14.6. The number of halogens is 3. The van der Waals surface area contributed by atoms with E-state index in [0.29, 0.717) is 53.2 Å². The molecule has 13 heteroatoms. The number of likely N-dealkylation sites (tertiary alicyclic amines) is 2. The zero-order chi connectivity index (χ0) is 36.5. The maximum atomic E-state index is 14.4. The van der Waals surface area contributed by atoms with E-state index in [1.54, 1.807) is 35.2 Å². The van der Waals surface area contributed by atoms with E-state index >= 15 is 0 Å². The average molecular weight is 759 g/mol. The van der Waals surface area contributed by atoms with Crippen LogP contribution < -0.4 is 14.8 Å². The summed E-state index contributed by atoms with van der Waals surface area (Å²) in [6, 6.07) is 12.8. The molecular weight excluding hydrogens is 716 g/mol. The normalized spacial score (nSPS) is 19.3. The van der Waals surface area contributed by atoms with Gasteiger partial charge in [-0.05, 0) is 96.2 Å². The molecule has 3 aromatic rings. The number of hydrogen-bond donors (Lipinski definition) is 2. The monoisotopic (exact) mass is 757 g/mol.